The molecular weight excluding hydrogens is 1040 g/mol. The monoisotopic (exact) mass is 1050 g/mol. The minimum Gasteiger partial charge on any atom is -0.458 e. The number of halogens is 10. The van der Waals surface area contributed by atoms with Gasteiger partial charge in [0.15, 0.2) is 0 Å². The van der Waals surface area contributed by atoms with Gasteiger partial charge in [0.2, 0.25) is 0 Å². The molecule has 0 amide bonds. The molecule has 0 radical (unpaired) electrons. The van der Waals surface area contributed by atoms with E-state index in [1.165, 1.54) is 0 Å². The van der Waals surface area contributed by atoms with Crippen LogP contribution in [0.3, 0.4) is 0 Å². The molecule has 1 heterocycles. The third-order valence-corrected chi connectivity index (χ3v) is 13.7. The van der Waals surface area contributed by atoms with Gasteiger partial charge in [-0.2, -0.15) is 34.8 Å². The molecule has 1 N–H and O–H groups in total. The Labute approximate surface area is 275 Å². The fraction of sp³-hybridized carbons (Fsp3) is 0.550. The first-order valence-corrected chi connectivity index (χ1v) is 16.6. The van der Waals surface area contributed by atoms with E-state index < -0.39 is 87.6 Å². The van der Waals surface area contributed by atoms with Crippen LogP contribution in [-0.4, -0.2) is 66.8 Å². The van der Waals surface area contributed by atoms with Crippen LogP contribution in [0, 0.1) is 38.0 Å². The molecule has 6 atom stereocenters. The molecule has 2 bridgehead atoms. The van der Waals surface area contributed by atoms with Crippen molar-refractivity contribution in [1.29, 1.82) is 0 Å². The number of hydrogen-bond acceptors (Lipinski definition) is 8. The predicted octanol–water partition coefficient (Wildman–Crippen LogP) is 4.73. The Morgan fingerprint density at radius 3 is 2.10 bits per heavy atom. The van der Waals surface area contributed by atoms with Crippen molar-refractivity contribution in [2.75, 3.05) is 5.75 Å². The molecule has 1 saturated heterocycles. The number of esters is 3. The molecule has 4 rings (SSSR count). The molecule has 0 aromatic heterocycles. The lowest BCUT2D eigenvalue weighted by atomic mass is 9.78. The summed E-state index contributed by atoms with van der Waals surface area (Å²) in [6, 6.07) is 1.68. The van der Waals surface area contributed by atoms with Crippen LogP contribution in [0.15, 0.2) is 6.07 Å². The van der Waals surface area contributed by atoms with Gasteiger partial charge in [0.1, 0.15) is 18.0 Å². The van der Waals surface area contributed by atoms with Gasteiger partial charge in [-0.3, -0.25) is 14.1 Å². The highest BCUT2D eigenvalue weighted by Crippen LogP contribution is 2.60. The summed E-state index contributed by atoms with van der Waals surface area (Å²) < 4.78 is 131. The zero-order chi connectivity index (χ0) is 30.3. The number of fused-ring (bicyclic) bond motifs is 1. The topological polar surface area (TPSA) is 133 Å². The average molecular weight is 1050 g/mol. The van der Waals surface area contributed by atoms with Crippen molar-refractivity contribution in [2.24, 2.45) is 23.7 Å². The van der Waals surface area contributed by atoms with Gasteiger partial charge in [0, 0.05) is 26.1 Å². The highest BCUT2D eigenvalue weighted by atomic mass is 127. The molecule has 20 heteroatoms. The largest absolute Gasteiger partial charge is 0.458 e. The van der Waals surface area contributed by atoms with Crippen molar-refractivity contribution < 1.29 is 67.9 Å². The van der Waals surface area contributed by atoms with Gasteiger partial charge >= 0.3 is 35.9 Å². The van der Waals surface area contributed by atoms with E-state index >= 15 is 0 Å². The van der Waals surface area contributed by atoms with E-state index in [1.54, 1.807) is 6.07 Å². The van der Waals surface area contributed by atoms with Crippen LogP contribution in [0.4, 0.5) is 26.3 Å². The first-order chi connectivity index (χ1) is 18.1. The van der Waals surface area contributed by atoms with Crippen LogP contribution in [0.2, 0.25) is 0 Å². The molecule has 6 unspecified atom stereocenters. The summed E-state index contributed by atoms with van der Waals surface area (Å²) in [5, 5.41) is 0. The summed E-state index contributed by atoms with van der Waals surface area (Å²) in [7, 11) is -6.00. The van der Waals surface area contributed by atoms with Crippen LogP contribution in [0.1, 0.15) is 16.8 Å². The van der Waals surface area contributed by atoms with Crippen molar-refractivity contribution >= 4 is 118 Å². The summed E-state index contributed by atoms with van der Waals surface area (Å²) in [5.41, 5.74) is -5.51. The zero-order valence-electron chi connectivity index (χ0n) is 18.9. The molecule has 3 aliphatic rings. The summed E-state index contributed by atoms with van der Waals surface area (Å²) in [6.07, 6.45) is -15.7. The van der Waals surface area contributed by atoms with E-state index in [1.807, 2.05) is 90.4 Å². The highest BCUT2D eigenvalue weighted by Gasteiger charge is 2.77. The molecule has 2 aliphatic carbocycles. The number of hydrogen-bond donors (Lipinski definition) is 1. The molecule has 2 saturated carbocycles. The van der Waals surface area contributed by atoms with Gasteiger partial charge in [0.05, 0.1) is 17.4 Å². The molecule has 222 valence electrons. The number of alkyl halides is 6. The summed E-state index contributed by atoms with van der Waals surface area (Å²) in [6.45, 7) is 0. The van der Waals surface area contributed by atoms with Gasteiger partial charge in [-0.25, -0.2) is 4.79 Å². The fourth-order valence-electron chi connectivity index (χ4n) is 5.37. The molecule has 1 aliphatic heterocycles. The highest BCUT2D eigenvalue weighted by molar-refractivity contribution is 14.1. The lowest BCUT2D eigenvalue weighted by molar-refractivity contribution is -0.362. The Morgan fingerprint density at radius 1 is 1.00 bits per heavy atom. The minimum absolute atomic E-state index is 0.120. The zero-order valence-corrected chi connectivity index (χ0v) is 28.3. The molecule has 9 nitrogen and oxygen atoms in total. The van der Waals surface area contributed by atoms with Crippen LogP contribution >= 0.6 is 90.4 Å². The quantitative estimate of drug-likeness (QED) is 0.0818. The maximum atomic E-state index is 13.7. The maximum Gasteiger partial charge on any atom is 0.438 e. The fourth-order valence-corrected chi connectivity index (χ4v) is 10.5. The van der Waals surface area contributed by atoms with Crippen LogP contribution in [0.5, 0.6) is 0 Å². The smallest absolute Gasteiger partial charge is 0.438 e. The Bertz CT molecular complexity index is 1390. The van der Waals surface area contributed by atoms with Crippen LogP contribution < -0.4 is 0 Å². The van der Waals surface area contributed by atoms with E-state index in [-0.39, 0.29) is 12.0 Å². The summed E-state index contributed by atoms with van der Waals surface area (Å²) in [4.78, 5) is 38.7. The van der Waals surface area contributed by atoms with Crippen molar-refractivity contribution in [2.45, 2.75) is 36.6 Å². The lowest BCUT2D eigenvalue weighted by Gasteiger charge is -2.38. The predicted molar refractivity (Wildman–Crippen MR) is 152 cm³/mol. The minimum atomic E-state index is -6.53. The first-order valence-electron chi connectivity index (χ1n) is 10.7. The van der Waals surface area contributed by atoms with Crippen molar-refractivity contribution in [3.63, 3.8) is 0 Å². The Hall–Kier alpha value is 0.0400. The molecule has 40 heavy (non-hydrogen) atoms. The van der Waals surface area contributed by atoms with Gasteiger partial charge in [0.25, 0.3) is 10.1 Å². The second kappa shape index (κ2) is 10.9. The molecule has 1 aromatic carbocycles. The van der Waals surface area contributed by atoms with Gasteiger partial charge < -0.3 is 14.2 Å². The number of carbonyl (C=O) groups excluding carboxylic acids is 3. The molecule has 3 fully saturated rings. The number of carbonyl (C=O) groups is 3. The van der Waals surface area contributed by atoms with Gasteiger partial charge in [-0.05, 0) is 103 Å². The average Bonchev–Trinajstić information content (AvgIpc) is 3.38. The standard InChI is InChI=1S/C20H12F6I4O9S/c21-19(22,23)18(20(24,25)26,3-40(34,35)36)39-17(33)9-5-1-4-8(9)15(31)37-13(4)14(5)38-16(32)10-6(27)2-7(28)11(29)12(10)30/h2,4-5,8-9,13-14H,1,3H2,(H,34,35,36). The molecule has 1 aromatic rings. The number of benzene rings is 1. The van der Waals surface area contributed by atoms with E-state index in [0.717, 1.165) is 3.57 Å². The van der Waals surface area contributed by atoms with Crippen molar-refractivity contribution in [3.8, 4) is 0 Å². The Balaban J connectivity index is 1.69. The van der Waals surface area contributed by atoms with Crippen molar-refractivity contribution in [3.05, 3.63) is 25.9 Å². The van der Waals surface area contributed by atoms with Gasteiger partial charge in [-0.1, -0.05) is 0 Å². The van der Waals surface area contributed by atoms with Gasteiger partial charge in [-0.15, -0.1) is 0 Å². The van der Waals surface area contributed by atoms with Crippen LogP contribution in [0.25, 0.3) is 0 Å². The van der Waals surface area contributed by atoms with E-state index in [0.29, 0.717) is 10.7 Å². The normalized spacial score (nSPS) is 28.0. The third kappa shape index (κ3) is 5.54. The molecule has 0 spiro atoms. The summed E-state index contributed by atoms with van der Waals surface area (Å²) in [5.74, 6) is -12.9. The molecular formula is C20H12F6I4O9S. The Morgan fingerprint density at radius 2 is 1.57 bits per heavy atom. The SMILES string of the molecule is O=C(OC1C2CC3C1OC(=O)C3C2C(=O)OC(CS(=O)(=O)O)(C(F)(F)F)C(F)(F)F)c1c(I)cc(I)c(I)c1I. The number of rotatable bonds is 6. The second-order valence-electron chi connectivity index (χ2n) is 9.20. The second-order valence-corrected chi connectivity index (χ2v) is 15.1. The maximum absolute atomic E-state index is 13.7. The number of ether oxygens (including phenoxy) is 3. The van der Waals surface area contributed by atoms with E-state index in [4.69, 9.17) is 14.0 Å². The summed E-state index contributed by atoms with van der Waals surface area (Å²) >= 11 is 7.82. The third-order valence-electron chi connectivity index (χ3n) is 6.96. The van der Waals surface area contributed by atoms with E-state index in [2.05, 4.69) is 4.74 Å². The Kier molecular flexibility index (Phi) is 8.97. The van der Waals surface area contributed by atoms with E-state index in [9.17, 15) is 49.1 Å². The van der Waals surface area contributed by atoms with Crippen LogP contribution in [-0.2, 0) is 33.9 Å². The lowest BCUT2D eigenvalue weighted by Crippen LogP contribution is -2.64. The first kappa shape index (κ1) is 32.9. The van der Waals surface area contributed by atoms with Crippen molar-refractivity contribution in [1.82, 2.24) is 0 Å².